The highest BCUT2D eigenvalue weighted by molar-refractivity contribution is 5.94. The summed E-state index contributed by atoms with van der Waals surface area (Å²) < 4.78 is 0. The number of rotatable bonds is 7. The first kappa shape index (κ1) is 35.0. The fourth-order valence-corrected chi connectivity index (χ4v) is 10.2. The minimum atomic E-state index is -0.461. The zero-order valence-corrected chi connectivity index (χ0v) is 33.3. The molecule has 1 nitrogen and oxygen atoms in total. The molecule has 11 rings (SSSR count). The molecule has 0 spiro atoms. The Kier molecular flexibility index (Phi) is 8.13. The molecule has 2 aliphatic rings. The summed E-state index contributed by atoms with van der Waals surface area (Å²) in [6.45, 7) is 4.74. The third-order valence-corrected chi connectivity index (χ3v) is 13.0. The lowest BCUT2D eigenvalue weighted by molar-refractivity contribution is 0.660. The normalized spacial score (nSPS) is 13.9. The number of anilines is 3. The summed E-state index contributed by atoms with van der Waals surface area (Å²) in [4.78, 5) is 2.50. The lowest BCUT2D eigenvalue weighted by Gasteiger charge is -2.34. The van der Waals surface area contributed by atoms with E-state index in [-0.39, 0.29) is 5.41 Å². The van der Waals surface area contributed by atoms with Crippen LogP contribution in [0.4, 0.5) is 17.1 Å². The average Bonchev–Trinajstić information content (AvgIpc) is 3.73. The minimum absolute atomic E-state index is 0.140. The molecule has 0 radical (unpaired) electrons. The molecule has 1 heteroatoms. The van der Waals surface area contributed by atoms with E-state index in [9.17, 15) is 0 Å². The smallest absolute Gasteiger partial charge is 0.0713 e. The summed E-state index contributed by atoms with van der Waals surface area (Å²) >= 11 is 0. The van der Waals surface area contributed by atoms with Crippen LogP contribution in [0.3, 0.4) is 0 Å². The number of hydrogen-bond acceptors (Lipinski definition) is 1. The number of fused-ring (bicyclic) bond motifs is 6. The van der Waals surface area contributed by atoms with Crippen LogP contribution in [0.2, 0.25) is 0 Å². The first-order chi connectivity index (χ1) is 29.0. The fraction of sp³-hybridized carbons (Fsp3) is 0.0690. The zero-order chi connectivity index (χ0) is 39.6. The highest BCUT2D eigenvalue weighted by Gasteiger charge is 2.46. The fourth-order valence-electron chi connectivity index (χ4n) is 10.2. The summed E-state index contributed by atoms with van der Waals surface area (Å²) in [6.07, 6.45) is 0. The average molecular weight is 754 g/mol. The second-order valence-electron chi connectivity index (χ2n) is 16.5. The molecule has 0 N–H and O–H groups in total. The quantitative estimate of drug-likeness (QED) is 0.157. The molecule has 0 aliphatic heterocycles. The Balaban J connectivity index is 1.16. The van der Waals surface area contributed by atoms with E-state index in [0.29, 0.717) is 0 Å². The molecule has 0 bridgehead atoms. The molecule has 0 heterocycles. The predicted molar refractivity (Wildman–Crippen MR) is 247 cm³/mol. The summed E-state index contributed by atoms with van der Waals surface area (Å²) in [5.74, 6) is 0. The van der Waals surface area contributed by atoms with Crippen molar-refractivity contribution < 1.29 is 0 Å². The number of benzene rings is 9. The first-order valence-corrected chi connectivity index (χ1v) is 20.7. The molecule has 0 atom stereocenters. The molecule has 9 aromatic rings. The monoisotopic (exact) mass is 753 g/mol. The second kappa shape index (κ2) is 13.7. The molecule has 2 aliphatic carbocycles. The van der Waals surface area contributed by atoms with E-state index in [4.69, 9.17) is 0 Å². The van der Waals surface area contributed by atoms with Crippen molar-refractivity contribution >= 4 is 17.1 Å². The van der Waals surface area contributed by atoms with Crippen molar-refractivity contribution in [2.75, 3.05) is 4.90 Å². The van der Waals surface area contributed by atoms with Crippen molar-refractivity contribution in [2.24, 2.45) is 0 Å². The molecule has 59 heavy (non-hydrogen) atoms. The lowest BCUT2D eigenvalue weighted by Crippen LogP contribution is -2.28. The maximum absolute atomic E-state index is 2.50. The van der Waals surface area contributed by atoms with E-state index < -0.39 is 5.41 Å². The number of para-hydroxylation sites is 1. The van der Waals surface area contributed by atoms with Gasteiger partial charge in [-0.3, -0.25) is 0 Å². The van der Waals surface area contributed by atoms with Gasteiger partial charge in [-0.25, -0.2) is 0 Å². The summed E-state index contributed by atoms with van der Waals surface area (Å²) in [7, 11) is 0. The van der Waals surface area contributed by atoms with Gasteiger partial charge in [0, 0.05) is 22.4 Å². The lowest BCUT2D eigenvalue weighted by atomic mass is 9.68. The molecule has 0 unspecified atom stereocenters. The molecule has 0 amide bonds. The van der Waals surface area contributed by atoms with Crippen LogP contribution in [0, 0.1) is 0 Å². The summed E-state index contributed by atoms with van der Waals surface area (Å²) in [6, 6.07) is 83.0. The van der Waals surface area contributed by atoms with Crippen LogP contribution in [-0.4, -0.2) is 0 Å². The van der Waals surface area contributed by atoms with Gasteiger partial charge in [0.15, 0.2) is 0 Å². The number of hydrogen-bond donors (Lipinski definition) is 0. The highest BCUT2D eigenvalue weighted by Crippen LogP contribution is 2.58. The maximum Gasteiger partial charge on any atom is 0.0713 e. The van der Waals surface area contributed by atoms with Crippen molar-refractivity contribution in [3.05, 3.63) is 258 Å². The Morgan fingerprint density at radius 2 is 0.797 bits per heavy atom. The van der Waals surface area contributed by atoms with Crippen molar-refractivity contribution in [2.45, 2.75) is 24.7 Å². The van der Waals surface area contributed by atoms with Gasteiger partial charge in [-0.1, -0.05) is 202 Å². The van der Waals surface area contributed by atoms with E-state index in [2.05, 4.69) is 243 Å². The van der Waals surface area contributed by atoms with Gasteiger partial charge in [-0.2, -0.15) is 0 Å². The summed E-state index contributed by atoms with van der Waals surface area (Å²) in [5, 5.41) is 0. The van der Waals surface area contributed by atoms with Gasteiger partial charge in [-0.05, 0) is 109 Å². The Morgan fingerprint density at radius 1 is 0.305 bits per heavy atom. The molecule has 0 saturated heterocycles. The van der Waals surface area contributed by atoms with Crippen molar-refractivity contribution in [3.8, 4) is 44.5 Å². The highest BCUT2D eigenvalue weighted by atomic mass is 15.1. The maximum atomic E-state index is 2.50. The summed E-state index contributed by atoms with van der Waals surface area (Å²) in [5.41, 5.74) is 20.6. The van der Waals surface area contributed by atoms with Crippen LogP contribution in [0.5, 0.6) is 0 Å². The van der Waals surface area contributed by atoms with Gasteiger partial charge in [0.25, 0.3) is 0 Å². The van der Waals surface area contributed by atoms with Crippen LogP contribution in [-0.2, 0) is 10.8 Å². The Bertz CT molecular complexity index is 2970. The van der Waals surface area contributed by atoms with Crippen molar-refractivity contribution in [3.63, 3.8) is 0 Å². The van der Waals surface area contributed by atoms with Crippen molar-refractivity contribution in [1.82, 2.24) is 0 Å². The van der Waals surface area contributed by atoms with Crippen LogP contribution in [0.1, 0.15) is 47.2 Å². The zero-order valence-electron chi connectivity index (χ0n) is 33.3. The number of nitrogens with zero attached hydrogens (tertiary/aromatic N) is 1. The van der Waals surface area contributed by atoms with Gasteiger partial charge in [0.05, 0.1) is 11.1 Å². The van der Waals surface area contributed by atoms with E-state index in [0.717, 1.165) is 17.1 Å². The van der Waals surface area contributed by atoms with Crippen LogP contribution in [0.15, 0.2) is 224 Å². The third kappa shape index (κ3) is 5.39. The van der Waals surface area contributed by atoms with E-state index in [1.165, 1.54) is 77.9 Å². The molecule has 280 valence electrons. The van der Waals surface area contributed by atoms with E-state index in [1.807, 2.05) is 0 Å². The van der Waals surface area contributed by atoms with E-state index >= 15 is 0 Å². The Labute approximate surface area is 347 Å². The van der Waals surface area contributed by atoms with Crippen LogP contribution >= 0.6 is 0 Å². The van der Waals surface area contributed by atoms with Gasteiger partial charge >= 0.3 is 0 Å². The van der Waals surface area contributed by atoms with Crippen molar-refractivity contribution in [1.29, 1.82) is 0 Å². The largest absolute Gasteiger partial charge is 0.310 e. The first-order valence-electron chi connectivity index (χ1n) is 20.7. The molecular formula is C58H43N. The minimum Gasteiger partial charge on any atom is -0.310 e. The van der Waals surface area contributed by atoms with Gasteiger partial charge < -0.3 is 4.90 Å². The van der Waals surface area contributed by atoms with Gasteiger partial charge in [-0.15, -0.1) is 0 Å². The molecular weight excluding hydrogens is 711 g/mol. The molecule has 0 fully saturated rings. The molecule has 0 saturated carbocycles. The van der Waals surface area contributed by atoms with Gasteiger partial charge in [0.2, 0.25) is 0 Å². The van der Waals surface area contributed by atoms with E-state index in [1.54, 1.807) is 0 Å². The molecule has 9 aromatic carbocycles. The van der Waals surface area contributed by atoms with Crippen LogP contribution in [0.25, 0.3) is 44.5 Å². The molecule has 0 aromatic heterocycles. The topological polar surface area (TPSA) is 3.24 Å². The predicted octanol–water partition coefficient (Wildman–Crippen LogP) is 15.2. The third-order valence-electron chi connectivity index (χ3n) is 13.0. The van der Waals surface area contributed by atoms with Crippen LogP contribution < -0.4 is 4.90 Å². The Morgan fingerprint density at radius 3 is 1.51 bits per heavy atom. The SMILES string of the molecule is CC1(C)c2ccccc2-c2ccc(N(c3ccc4c(c3)-c3ccccc3C4(c3ccccc3)c3ccccc3)c3ccccc3-c3cccc(-c4ccccc4)c3)cc21. The second-order valence-corrected chi connectivity index (χ2v) is 16.5. The standard InChI is InChI=1S/C58H43N/c1-57(2)52-30-15-12-28-48(52)50-35-33-46(39-55(50)57)59(56-32-17-14-27-47(56)42-22-18-21-41(37-42)40-19-6-3-7-20-40)45-34-36-54-51(38-45)49-29-13-16-31-53(49)58(54,43-23-8-4-9-24-43)44-25-10-5-11-26-44/h3-39H,1-2H3. The Hall–Kier alpha value is -7.22. The van der Waals surface area contributed by atoms with Gasteiger partial charge in [0.1, 0.15) is 0 Å².